The van der Waals surface area contributed by atoms with E-state index in [4.69, 9.17) is 20.9 Å². The van der Waals surface area contributed by atoms with Gasteiger partial charge in [-0.05, 0) is 25.0 Å². The van der Waals surface area contributed by atoms with Gasteiger partial charge in [-0.2, -0.15) is 4.98 Å². The zero-order valence-corrected chi connectivity index (χ0v) is 16.8. The number of hydrogen-bond donors (Lipinski definition) is 2. The van der Waals surface area contributed by atoms with Crippen molar-refractivity contribution in [3.05, 3.63) is 35.2 Å². The Kier molecular flexibility index (Phi) is 9.65. The molecule has 1 aromatic carbocycles. The molecular formula is C19H28ClN5O2. The number of guanidine groups is 1. The number of rotatable bonds is 11. The zero-order valence-electron chi connectivity index (χ0n) is 16.0. The molecule has 1 heterocycles. The molecule has 0 bridgehead atoms. The molecule has 0 aliphatic rings. The lowest BCUT2D eigenvalue weighted by molar-refractivity contribution is 0.129. The second-order valence-corrected chi connectivity index (χ2v) is 6.45. The molecule has 0 radical (unpaired) electrons. The van der Waals surface area contributed by atoms with Crippen LogP contribution in [0.5, 0.6) is 0 Å². The van der Waals surface area contributed by atoms with Crippen LogP contribution in [0.25, 0.3) is 11.4 Å². The van der Waals surface area contributed by atoms with Crippen LogP contribution in [0.4, 0.5) is 0 Å². The molecule has 0 aliphatic heterocycles. The fourth-order valence-corrected chi connectivity index (χ4v) is 2.53. The highest BCUT2D eigenvalue weighted by Gasteiger charge is 2.09. The van der Waals surface area contributed by atoms with Crippen molar-refractivity contribution in [1.82, 2.24) is 20.8 Å². The van der Waals surface area contributed by atoms with Crippen LogP contribution in [0.15, 0.2) is 33.8 Å². The van der Waals surface area contributed by atoms with E-state index in [0.29, 0.717) is 29.7 Å². The molecule has 2 rings (SSSR count). The Morgan fingerprint density at radius 1 is 1.22 bits per heavy atom. The van der Waals surface area contributed by atoms with Crippen molar-refractivity contribution in [3.63, 3.8) is 0 Å². The van der Waals surface area contributed by atoms with Crippen molar-refractivity contribution in [2.24, 2.45) is 4.99 Å². The first kappa shape index (κ1) is 21.2. The molecule has 27 heavy (non-hydrogen) atoms. The van der Waals surface area contributed by atoms with Gasteiger partial charge in [-0.3, -0.25) is 4.99 Å². The molecule has 0 saturated carbocycles. The molecule has 7 nitrogen and oxygen atoms in total. The number of hydrogen-bond acceptors (Lipinski definition) is 5. The Labute approximate surface area is 165 Å². The molecule has 0 amide bonds. The Balaban J connectivity index is 1.66. The molecular weight excluding hydrogens is 366 g/mol. The molecule has 0 aliphatic carbocycles. The smallest absolute Gasteiger partial charge is 0.228 e. The van der Waals surface area contributed by atoms with E-state index >= 15 is 0 Å². The quantitative estimate of drug-likeness (QED) is 0.346. The number of nitrogens with zero attached hydrogens (tertiary/aromatic N) is 3. The van der Waals surface area contributed by atoms with Gasteiger partial charge in [0.25, 0.3) is 0 Å². The first-order valence-electron chi connectivity index (χ1n) is 9.33. The predicted molar refractivity (Wildman–Crippen MR) is 108 cm³/mol. The number of aromatic nitrogens is 2. The largest absolute Gasteiger partial charge is 0.381 e. The Morgan fingerprint density at radius 2 is 2.04 bits per heavy atom. The summed E-state index contributed by atoms with van der Waals surface area (Å²) in [4.78, 5) is 8.60. The fraction of sp³-hybridized carbons (Fsp3) is 0.526. The summed E-state index contributed by atoms with van der Waals surface area (Å²) in [5, 5.41) is 11.1. The minimum Gasteiger partial charge on any atom is -0.381 e. The van der Waals surface area contributed by atoms with Crippen molar-refractivity contribution in [1.29, 1.82) is 0 Å². The van der Waals surface area contributed by atoms with Gasteiger partial charge in [0.05, 0.1) is 0 Å². The molecule has 2 aromatic rings. The van der Waals surface area contributed by atoms with E-state index in [1.54, 1.807) is 7.05 Å². The number of aliphatic imine (C=N–C) groups is 1. The van der Waals surface area contributed by atoms with E-state index in [0.717, 1.165) is 50.5 Å². The van der Waals surface area contributed by atoms with Crippen LogP contribution in [0.3, 0.4) is 0 Å². The summed E-state index contributed by atoms with van der Waals surface area (Å²) in [5.74, 6) is 1.86. The highest BCUT2D eigenvalue weighted by molar-refractivity contribution is 6.30. The highest BCUT2D eigenvalue weighted by Crippen LogP contribution is 2.19. The zero-order chi connectivity index (χ0) is 19.3. The Hall–Kier alpha value is -2.12. The third kappa shape index (κ3) is 7.97. The summed E-state index contributed by atoms with van der Waals surface area (Å²) < 4.78 is 10.8. The second-order valence-electron chi connectivity index (χ2n) is 6.02. The topological polar surface area (TPSA) is 84.6 Å². The van der Waals surface area contributed by atoms with Gasteiger partial charge in [0.1, 0.15) is 0 Å². The van der Waals surface area contributed by atoms with Crippen molar-refractivity contribution >= 4 is 17.6 Å². The molecule has 148 valence electrons. The van der Waals surface area contributed by atoms with Crippen LogP contribution in [-0.4, -0.2) is 49.5 Å². The molecule has 1 aromatic heterocycles. The minimum atomic E-state index is 0.540. The van der Waals surface area contributed by atoms with Gasteiger partial charge in [-0.15, -0.1) is 0 Å². The van der Waals surface area contributed by atoms with Crippen LogP contribution in [-0.2, 0) is 11.2 Å². The maximum atomic E-state index is 6.00. The van der Waals surface area contributed by atoms with E-state index in [1.165, 1.54) is 0 Å². The van der Waals surface area contributed by atoms with E-state index < -0.39 is 0 Å². The summed E-state index contributed by atoms with van der Waals surface area (Å²) >= 11 is 6.00. The van der Waals surface area contributed by atoms with Crippen molar-refractivity contribution in [3.8, 4) is 11.4 Å². The van der Waals surface area contributed by atoms with Crippen LogP contribution < -0.4 is 10.6 Å². The number of ether oxygens (including phenoxy) is 1. The molecule has 8 heteroatoms. The lowest BCUT2D eigenvalue weighted by Gasteiger charge is -2.11. The van der Waals surface area contributed by atoms with Gasteiger partial charge in [-0.1, -0.05) is 42.2 Å². The third-order valence-corrected chi connectivity index (χ3v) is 4.04. The fourth-order valence-electron chi connectivity index (χ4n) is 2.34. The molecule has 0 saturated heterocycles. The highest BCUT2D eigenvalue weighted by atomic mass is 35.5. The normalized spacial score (nSPS) is 11.6. The number of halogens is 1. The maximum absolute atomic E-state index is 6.00. The monoisotopic (exact) mass is 393 g/mol. The van der Waals surface area contributed by atoms with E-state index in [2.05, 4.69) is 32.7 Å². The van der Waals surface area contributed by atoms with E-state index in [-0.39, 0.29) is 0 Å². The first-order chi connectivity index (χ1) is 13.2. The minimum absolute atomic E-state index is 0.540. The number of benzene rings is 1. The number of unbranched alkanes of at least 4 members (excludes halogenated alkanes) is 1. The van der Waals surface area contributed by atoms with Gasteiger partial charge in [0, 0.05) is 50.4 Å². The SMILES string of the molecule is CCCCOCCCNC(=NC)NCCc1nc(-c2cccc(Cl)c2)no1. The van der Waals surface area contributed by atoms with Gasteiger partial charge in [-0.25, -0.2) is 0 Å². The summed E-state index contributed by atoms with van der Waals surface area (Å²) in [7, 11) is 1.75. The first-order valence-corrected chi connectivity index (χ1v) is 9.71. The van der Waals surface area contributed by atoms with Crippen LogP contribution in [0.1, 0.15) is 32.1 Å². The number of nitrogens with one attached hydrogen (secondary N) is 2. The lowest BCUT2D eigenvalue weighted by atomic mass is 10.2. The maximum Gasteiger partial charge on any atom is 0.228 e. The second kappa shape index (κ2) is 12.3. The summed E-state index contributed by atoms with van der Waals surface area (Å²) in [6.45, 7) is 5.21. The molecule has 0 unspecified atom stereocenters. The predicted octanol–water partition coefficient (Wildman–Crippen LogP) is 3.30. The average molecular weight is 394 g/mol. The summed E-state index contributed by atoms with van der Waals surface area (Å²) in [6, 6.07) is 7.38. The van der Waals surface area contributed by atoms with Crippen LogP contribution in [0, 0.1) is 0 Å². The summed E-state index contributed by atoms with van der Waals surface area (Å²) in [5.41, 5.74) is 0.837. The van der Waals surface area contributed by atoms with Crippen molar-refractivity contribution in [2.75, 3.05) is 33.4 Å². The molecule has 0 fully saturated rings. The Morgan fingerprint density at radius 3 is 2.81 bits per heavy atom. The van der Waals surface area contributed by atoms with Gasteiger partial charge < -0.3 is 19.9 Å². The van der Waals surface area contributed by atoms with Gasteiger partial charge >= 0.3 is 0 Å². The van der Waals surface area contributed by atoms with E-state index in [9.17, 15) is 0 Å². The average Bonchev–Trinajstić information content (AvgIpc) is 3.15. The van der Waals surface area contributed by atoms with Crippen molar-refractivity contribution < 1.29 is 9.26 Å². The third-order valence-electron chi connectivity index (χ3n) is 3.81. The molecule has 0 atom stereocenters. The standard InChI is InChI=1S/C19H28ClN5O2/c1-3-4-12-26-13-6-10-22-19(21-2)23-11-9-17-24-18(25-27-17)15-7-5-8-16(20)14-15/h5,7-8,14H,3-4,6,9-13H2,1-2H3,(H2,21,22,23). The van der Waals surface area contributed by atoms with Gasteiger partial charge in [0.2, 0.25) is 11.7 Å². The van der Waals surface area contributed by atoms with Gasteiger partial charge in [0.15, 0.2) is 5.96 Å². The Bertz CT molecular complexity index is 705. The van der Waals surface area contributed by atoms with Crippen LogP contribution >= 0.6 is 11.6 Å². The van der Waals surface area contributed by atoms with Crippen LogP contribution in [0.2, 0.25) is 5.02 Å². The van der Waals surface area contributed by atoms with Crippen molar-refractivity contribution in [2.45, 2.75) is 32.6 Å². The van der Waals surface area contributed by atoms with E-state index in [1.807, 2.05) is 24.3 Å². The summed E-state index contributed by atoms with van der Waals surface area (Å²) in [6.07, 6.45) is 3.83. The molecule has 2 N–H and O–H groups in total. The lowest BCUT2D eigenvalue weighted by Crippen LogP contribution is -2.39. The molecule has 0 spiro atoms.